The zero-order valence-corrected chi connectivity index (χ0v) is 34.8. The van der Waals surface area contributed by atoms with E-state index >= 15 is 0 Å². The Balaban J connectivity index is 0.843. The summed E-state index contributed by atoms with van der Waals surface area (Å²) in [6, 6.07) is 0. The van der Waals surface area contributed by atoms with E-state index in [4.69, 9.17) is 42.6 Å². The van der Waals surface area contributed by atoms with Crippen molar-refractivity contribution in [2.75, 3.05) is 20.8 Å². The molecule has 21 atom stereocenters. The van der Waals surface area contributed by atoms with E-state index in [1.165, 1.54) is 0 Å². The molecule has 4 aliphatic carbocycles. The van der Waals surface area contributed by atoms with Gasteiger partial charge in [0.2, 0.25) is 0 Å². The molecule has 4 N–H and O–H groups in total. The second kappa shape index (κ2) is 16.2. The van der Waals surface area contributed by atoms with Crippen LogP contribution in [0.1, 0.15) is 105 Å². The summed E-state index contributed by atoms with van der Waals surface area (Å²) in [5.74, 6) is 0.0250. The zero-order valence-electron chi connectivity index (χ0n) is 34.8. The van der Waals surface area contributed by atoms with Crippen molar-refractivity contribution in [3.63, 3.8) is 0 Å². The first-order valence-electron chi connectivity index (χ1n) is 21.7. The van der Waals surface area contributed by atoms with E-state index < -0.39 is 84.8 Å². The number of aliphatic hydroxyl groups is 4. The molecule has 7 fully saturated rings. The predicted octanol–water partition coefficient (Wildman–Crippen LogP) is 3.53. The second-order valence-corrected chi connectivity index (χ2v) is 19.3. The fourth-order valence-electron chi connectivity index (χ4n) is 13.3. The number of esters is 1. The van der Waals surface area contributed by atoms with Gasteiger partial charge < -0.3 is 63.1 Å². The highest BCUT2D eigenvalue weighted by atomic mass is 16.7. The van der Waals surface area contributed by atoms with Crippen LogP contribution in [0.15, 0.2) is 11.6 Å². The van der Waals surface area contributed by atoms with Crippen molar-refractivity contribution >= 4 is 5.97 Å². The molecule has 4 aliphatic heterocycles. The van der Waals surface area contributed by atoms with E-state index in [9.17, 15) is 25.2 Å². The molecule has 0 amide bonds. The van der Waals surface area contributed by atoms with Crippen LogP contribution in [0, 0.1) is 34.5 Å². The van der Waals surface area contributed by atoms with Crippen molar-refractivity contribution in [2.45, 2.75) is 197 Å². The Bertz CT molecular complexity index is 1470. The predicted molar refractivity (Wildman–Crippen MR) is 202 cm³/mol. The minimum absolute atomic E-state index is 0.00900. The maximum Gasteiger partial charge on any atom is 0.331 e. The summed E-state index contributed by atoms with van der Waals surface area (Å²) >= 11 is 0. The van der Waals surface area contributed by atoms with Crippen LogP contribution in [0.4, 0.5) is 0 Å². The molecule has 0 aromatic heterocycles. The molecule has 14 heteroatoms. The minimum Gasteiger partial charge on any atom is -0.458 e. The van der Waals surface area contributed by atoms with Gasteiger partial charge in [0.05, 0.1) is 54.4 Å². The number of fused-ring (bicyclic) bond motifs is 5. The van der Waals surface area contributed by atoms with Crippen molar-refractivity contribution in [1.82, 2.24) is 0 Å². The Morgan fingerprint density at radius 2 is 1.39 bits per heavy atom. The number of hydrogen-bond donors (Lipinski definition) is 4. The van der Waals surface area contributed by atoms with E-state index in [1.54, 1.807) is 27.2 Å². The van der Waals surface area contributed by atoms with E-state index in [0.717, 1.165) is 44.1 Å². The molecule has 0 spiro atoms. The average Bonchev–Trinajstić information content (AvgIpc) is 3.71. The Morgan fingerprint density at radius 3 is 2.05 bits per heavy atom. The molecule has 4 heterocycles. The summed E-state index contributed by atoms with van der Waals surface area (Å²) in [6.45, 7) is 10.3. The highest BCUT2D eigenvalue weighted by Gasteiger charge is 2.70. The van der Waals surface area contributed by atoms with Crippen LogP contribution in [0.25, 0.3) is 0 Å². The summed E-state index contributed by atoms with van der Waals surface area (Å²) in [7, 11) is 3.19. The molecule has 8 rings (SSSR count). The van der Waals surface area contributed by atoms with Crippen molar-refractivity contribution in [2.24, 2.45) is 34.5 Å². The molecule has 0 bridgehead atoms. The molecular weight excluding hydrogens is 740 g/mol. The fourth-order valence-corrected chi connectivity index (χ4v) is 13.3. The van der Waals surface area contributed by atoms with Gasteiger partial charge in [-0.1, -0.05) is 13.8 Å². The number of cyclic esters (lactones) is 1. The highest BCUT2D eigenvalue weighted by Crippen LogP contribution is 2.70. The zero-order chi connectivity index (χ0) is 40.6. The topological polar surface area (TPSA) is 181 Å². The quantitative estimate of drug-likeness (QED) is 0.196. The van der Waals surface area contributed by atoms with Gasteiger partial charge in [-0.2, -0.15) is 0 Å². The molecular formula is C43H68O14. The number of carbonyl (C=O) groups excluding carboxylic acids is 1. The lowest BCUT2D eigenvalue weighted by molar-refractivity contribution is -0.338. The van der Waals surface area contributed by atoms with Crippen molar-refractivity contribution in [1.29, 1.82) is 0 Å². The molecule has 14 nitrogen and oxygen atoms in total. The maximum absolute atomic E-state index is 12.6. The van der Waals surface area contributed by atoms with Gasteiger partial charge in [-0.05, 0) is 107 Å². The lowest BCUT2D eigenvalue weighted by atomic mass is 9.42. The molecule has 4 saturated carbocycles. The summed E-state index contributed by atoms with van der Waals surface area (Å²) < 4.78 is 54.5. The number of rotatable bonds is 9. The molecule has 8 aliphatic rings. The van der Waals surface area contributed by atoms with Crippen molar-refractivity contribution in [3.8, 4) is 0 Å². The van der Waals surface area contributed by atoms with Crippen LogP contribution in [0.5, 0.6) is 0 Å². The van der Waals surface area contributed by atoms with Gasteiger partial charge in [-0.15, -0.1) is 0 Å². The maximum atomic E-state index is 12.6. The SMILES string of the molecule is COC1CC(OC2C(C)OC(OC3C(O)CC(OC4CCC5(C)C(CCC6C5C(O)CC5(C)C(C7=CC(=O)OC7)CCC65O)C4)OC3C)CC2OC)OC(C)C1O. The van der Waals surface area contributed by atoms with E-state index in [2.05, 4.69) is 13.8 Å². The summed E-state index contributed by atoms with van der Waals surface area (Å²) in [6.07, 6.45) is 1.81. The second-order valence-electron chi connectivity index (χ2n) is 19.3. The standard InChI is InChI=1S/C43H68O14/c1-21-38(47)31(49-6)17-35(52-21)57-40-23(3)54-36(18-32(40)50-7)56-39-22(2)53-34(16-29(39)44)55-26-10-12-41(4)25(15-26)8-9-28-37(41)30(45)19-42(5)27(11-13-43(28,42)48)24-14-33(46)51-20-24/h14,21-23,25-32,34-40,44-45,47-48H,8-13,15-20H2,1-7H3. The van der Waals surface area contributed by atoms with Crippen molar-refractivity contribution < 1.29 is 67.9 Å². The molecule has 3 saturated heterocycles. The van der Waals surface area contributed by atoms with Gasteiger partial charge in [-0.25, -0.2) is 4.79 Å². The number of aliphatic hydroxyl groups excluding tert-OH is 3. The first kappa shape index (κ1) is 42.4. The van der Waals surface area contributed by atoms with E-state index in [0.29, 0.717) is 31.6 Å². The minimum atomic E-state index is -0.904. The smallest absolute Gasteiger partial charge is 0.331 e. The Kier molecular flexibility index (Phi) is 12.1. The van der Waals surface area contributed by atoms with Gasteiger partial charge in [0, 0.05) is 45.0 Å². The van der Waals surface area contributed by atoms with E-state index in [-0.39, 0.29) is 54.4 Å². The molecule has 57 heavy (non-hydrogen) atoms. The van der Waals surface area contributed by atoms with Crippen LogP contribution in [-0.4, -0.2) is 139 Å². The van der Waals surface area contributed by atoms with Gasteiger partial charge in [-0.3, -0.25) is 0 Å². The molecule has 324 valence electrons. The third kappa shape index (κ3) is 7.47. The first-order valence-corrected chi connectivity index (χ1v) is 21.7. The Labute approximate surface area is 337 Å². The first-order chi connectivity index (χ1) is 27.1. The lowest BCUT2D eigenvalue weighted by Crippen LogP contribution is -2.66. The average molecular weight is 809 g/mol. The highest BCUT2D eigenvalue weighted by molar-refractivity contribution is 5.85. The number of hydrogen-bond acceptors (Lipinski definition) is 14. The lowest BCUT2D eigenvalue weighted by Gasteiger charge is -2.65. The third-order valence-corrected chi connectivity index (χ3v) is 16.4. The summed E-state index contributed by atoms with van der Waals surface area (Å²) in [5, 5.41) is 46.3. The van der Waals surface area contributed by atoms with Crippen LogP contribution >= 0.6 is 0 Å². The Hall–Kier alpha value is -1.27. The van der Waals surface area contributed by atoms with E-state index in [1.807, 2.05) is 13.8 Å². The van der Waals surface area contributed by atoms with Crippen LogP contribution in [0.3, 0.4) is 0 Å². The molecule has 0 aromatic rings. The molecule has 0 aromatic carbocycles. The normalized spacial score (nSPS) is 54.0. The summed E-state index contributed by atoms with van der Waals surface area (Å²) in [5.41, 5.74) is -0.592. The van der Waals surface area contributed by atoms with Crippen LogP contribution in [-0.2, 0) is 47.4 Å². The molecule has 21 unspecified atom stereocenters. The van der Waals surface area contributed by atoms with Gasteiger partial charge in [0.15, 0.2) is 18.9 Å². The van der Waals surface area contributed by atoms with Gasteiger partial charge >= 0.3 is 5.97 Å². The van der Waals surface area contributed by atoms with Gasteiger partial charge in [0.25, 0.3) is 0 Å². The fraction of sp³-hybridized carbons (Fsp3) is 0.930. The summed E-state index contributed by atoms with van der Waals surface area (Å²) in [4.78, 5) is 12.0. The third-order valence-electron chi connectivity index (χ3n) is 16.4. The van der Waals surface area contributed by atoms with Gasteiger partial charge in [0.1, 0.15) is 24.9 Å². The number of methoxy groups -OCH3 is 2. The Morgan fingerprint density at radius 1 is 0.737 bits per heavy atom. The molecule has 0 radical (unpaired) electrons. The van der Waals surface area contributed by atoms with Crippen molar-refractivity contribution in [3.05, 3.63) is 11.6 Å². The number of ether oxygens (including phenoxy) is 9. The number of carbonyl (C=O) groups is 1. The monoisotopic (exact) mass is 808 g/mol. The van der Waals surface area contributed by atoms with Crippen LogP contribution < -0.4 is 0 Å². The van der Waals surface area contributed by atoms with Crippen LogP contribution in [0.2, 0.25) is 0 Å². The largest absolute Gasteiger partial charge is 0.458 e.